The average Bonchev–Trinajstić information content (AvgIpc) is 3.48. The third kappa shape index (κ3) is 10.3. The zero-order valence-electron chi connectivity index (χ0n) is 37.0. The van der Waals surface area contributed by atoms with Crippen LogP contribution in [0, 0.1) is 30.2 Å². The average molecular weight is 939 g/mol. The summed E-state index contributed by atoms with van der Waals surface area (Å²) in [7, 11) is 0. The minimum absolute atomic E-state index is 0. The van der Waals surface area contributed by atoms with Gasteiger partial charge in [-0.05, 0) is 72.6 Å². The molecule has 0 saturated heterocycles. The summed E-state index contributed by atoms with van der Waals surface area (Å²) < 4.78 is 76.4. The van der Waals surface area contributed by atoms with Gasteiger partial charge in [-0.25, -0.2) is 0 Å². The molecular formula is C46H55F3IrNO2S-. The van der Waals surface area contributed by atoms with Crippen molar-refractivity contribution in [2.45, 2.75) is 113 Å². The van der Waals surface area contributed by atoms with Gasteiger partial charge < -0.3 is 5.11 Å². The number of pyridine rings is 1. The molecule has 0 spiro atoms. The van der Waals surface area contributed by atoms with E-state index >= 15 is 0 Å². The number of thiophene rings is 1. The number of aliphatic hydroxyl groups is 1. The van der Waals surface area contributed by atoms with E-state index in [9.17, 15) is 23.1 Å². The molecule has 5 aromatic rings. The number of carbonyl (C=O) groups excluding carboxylic acids is 1. The normalized spacial score (nSPS) is 13.6. The van der Waals surface area contributed by atoms with Crippen molar-refractivity contribution in [1.82, 2.24) is 4.98 Å². The fourth-order valence-corrected chi connectivity index (χ4v) is 7.68. The molecule has 293 valence electrons. The van der Waals surface area contributed by atoms with Gasteiger partial charge in [-0.1, -0.05) is 116 Å². The number of hydrogen-bond donors (Lipinski definition) is 1. The van der Waals surface area contributed by atoms with E-state index in [2.05, 4.69) is 39.0 Å². The second-order valence-electron chi connectivity index (χ2n) is 15.4. The number of rotatable bonds is 11. The number of carbonyl (C=O) groups is 1. The summed E-state index contributed by atoms with van der Waals surface area (Å²) in [6.07, 6.45) is 1.40. The molecule has 3 nitrogen and oxygen atoms in total. The first-order chi connectivity index (χ1) is 26.5. The van der Waals surface area contributed by atoms with Crippen molar-refractivity contribution < 1.29 is 48.7 Å². The Morgan fingerprint density at radius 1 is 0.926 bits per heavy atom. The summed E-state index contributed by atoms with van der Waals surface area (Å²) in [6.45, 7) is 18.4. The Balaban J connectivity index is 0.000000480. The van der Waals surface area contributed by atoms with Crippen LogP contribution in [0.15, 0.2) is 78.6 Å². The molecule has 0 fully saturated rings. The number of benzene rings is 3. The molecule has 2 heterocycles. The van der Waals surface area contributed by atoms with Crippen molar-refractivity contribution in [2.24, 2.45) is 17.3 Å². The predicted octanol–water partition coefficient (Wildman–Crippen LogP) is 14.2. The summed E-state index contributed by atoms with van der Waals surface area (Å²) in [4.78, 5) is 17.0. The van der Waals surface area contributed by atoms with Gasteiger partial charge in [0.2, 0.25) is 0 Å². The summed E-state index contributed by atoms with van der Waals surface area (Å²) >= 11 is 1.32. The van der Waals surface area contributed by atoms with Crippen LogP contribution in [0.5, 0.6) is 0 Å². The summed E-state index contributed by atoms with van der Waals surface area (Å²) in [6, 6.07) is 14.0. The SMILES string of the molecule is CCC(CC)C(=O)/C=C(\O)C(CC)CC.[2H]c1c([2H])c(-c2sc3c(-c4[c-]c5ccccc5c(C(C)(C)C)c4)nccc3c2C)c([2H])c([2H])c1CC(C)(C)C(F)(F)F.[Ir]. The molecule has 0 saturated carbocycles. The van der Waals surface area contributed by atoms with Crippen LogP contribution in [-0.4, -0.2) is 22.1 Å². The minimum atomic E-state index is -4.56. The molecule has 0 bridgehead atoms. The number of alkyl halides is 3. The van der Waals surface area contributed by atoms with Gasteiger partial charge in [0.15, 0.2) is 5.78 Å². The fraction of sp³-hybridized carbons (Fsp3) is 0.435. The monoisotopic (exact) mass is 939 g/mol. The summed E-state index contributed by atoms with van der Waals surface area (Å²) in [5.74, 6) is 0.547. The van der Waals surface area contributed by atoms with Gasteiger partial charge in [-0.15, -0.1) is 40.5 Å². The van der Waals surface area contributed by atoms with Crippen LogP contribution in [0.1, 0.15) is 110 Å². The first-order valence-corrected chi connectivity index (χ1v) is 19.3. The summed E-state index contributed by atoms with van der Waals surface area (Å²) in [5.41, 5.74) is 0.902. The first kappa shape index (κ1) is 38.9. The van der Waals surface area contributed by atoms with Crippen molar-refractivity contribution >= 4 is 38.0 Å². The van der Waals surface area contributed by atoms with Crippen LogP contribution in [0.3, 0.4) is 0 Å². The van der Waals surface area contributed by atoms with Gasteiger partial charge in [0.25, 0.3) is 0 Å². The number of nitrogens with zero attached hydrogens (tertiary/aromatic N) is 1. The van der Waals surface area contributed by atoms with E-state index in [0.29, 0.717) is 10.6 Å². The molecule has 0 unspecified atom stereocenters. The molecule has 0 aliphatic heterocycles. The largest absolute Gasteiger partial charge is 0.512 e. The number of hydrogen-bond acceptors (Lipinski definition) is 4. The van der Waals surface area contributed by atoms with E-state index in [1.807, 2.05) is 58.9 Å². The molecule has 2 aromatic heterocycles. The number of aliphatic hydroxyl groups excluding tert-OH is 1. The summed E-state index contributed by atoms with van der Waals surface area (Å²) in [5, 5.41) is 12.7. The Hall–Kier alpha value is -3.32. The predicted molar refractivity (Wildman–Crippen MR) is 218 cm³/mol. The molecular weight excluding hydrogens is 880 g/mol. The van der Waals surface area contributed by atoms with Crippen LogP contribution in [0.4, 0.5) is 13.2 Å². The van der Waals surface area contributed by atoms with Crippen molar-refractivity contribution in [3.05, 3.63) is 101 Å². The maximum Gasteiger partial charge on any atom is 0.394 e. The smallest absolute Gasteiger partial charge is 0.394 e. The fourth-order valence-electron chi connectivity index (χ4n) is 6.42. The van der Waals surface area contributed by atoms with Gasteiger partial charge in [-0.3, -0.25) is 9.78 Å². The van der Waals surface area contributed by atoms with Gasteiger partial charge in [0.1, 0.15) is 0 Å². The standard InChI is InChI=1S/C33H31F3NS.C13H24O2.Ir/c1-20-25-15-16-37-28(24-17-23-9-7-8-10-26(23)27(18-24)31(2,3)4)30(25)38-29(20)22-13-11-21(12-14-22)19-32(5,6)33(34,35)36;1-5-10(6-2)12(14)9-13(15)11(7-3)8-4;/h7-16,18H,19H2,1-6H3;9-11,14H,5-8H2,1-4H3;/q-1;;/b;12-9-;/i11D,12D,13D,14D;;. The zero-order chi connectivity index (χ0) is 42.8. The van der Waals surface area contributed by atoms with E-state index < -0.39 is 30.1 Å². The molecule has 0 aliphatic rings. The van der Waals surface area contributed by atoms with E-state index in [1.165, 1.54) is 17.4 Å². The van der Waals surface area contributed by atoms with Crippen molar-refractivity contribution in [3.63, 3.8) is 0 Å². The molecule has 1 radical (unpaired) electrons. The quantitative estimate of drug-likeness (QED) is 0.0815. The van der Waals surface area contributed by atoms with E-state index in [-0.39, 0.29) is 72.1 Å². The third-order valence-corrected chi connectivity index (χ3v) is 11.4. The number of allylic oxidation sites excluding steroid dienone is 2. The van der Waals surface area contributed by atoms with Crippen LogP contribution in [-0.2, 0) is 36.7 Å². The van der Waals surface area contributed by atoms with Crippen molar-refractivity contribution in [2.75, 3.05) is 0 Å². The van der Waals surface area contributed by atoms with E-state index in [0.717, 1.165) is 77.1 Å². The van der Waals surface area contributed by atoms with Crippen LogP contribution in [0.25, 0.3) is 42.6 Å². The molecule has 1 N–H and O–H groups in total. The molecule has 3 aromatic carbocycles. The van der Waals surface area contributed by atoms with E-state index in [4.69, 9.17) is 10.5 Å². The molecule has 5 rings (SSSR count). The van der Waals surface area contributed by atoms with Crippen LogP contribution < -0.4 is 0 Å². The van der Waals surface area contributed by atoms with E-state index in [1.54, 1.807) is 6.20 Å². The second kappa shape index (κ2) is 18.5. The third-order valence-electron chi connectivity index (χ3n) is 10.1. The molecule has 54 heavy (non-hydrogen) atoms. The second-order valence-corrected chi connectivity index (χ2v) is 16.4. The Labute approximate surface area is 343 Å². The first-order valence-electron chi connectivity index (χ1n) is 20.5. The number of aromatic nitrogens is 1. The topological polar surface area (TPSA) is 50.2 Å². The Morgan fingerprint density at radius 3 is 2.07 bits per heavy atom. The zero-order valence-corrected chi connectivity index (χ0v) is 36.2. The van der Waals surface area contributed by atoms with Gasteiger partial charge >= 0.3 is 6.18 Å². The Bertz CT molecular complexity index is 2260. The maximum absolute atomic E-state index is 13.6. The number of aryl methyl sites for hydroxylation is 1. The van der Waals surface area contributed by atoms with Gasteiger partial charge in [0, 0.05) is 59.5 Å². The van der Waals surface area contributed by atoms with Gasteiger partial charge in [0.05, 0.1) is 16.7 Å². The number of fused-ring (bicyclic) bond motifs is 2. The van der Waals surface area contributed by atoms with Crippen LogP contribution >= 0.6 is 11.3 Å². The molecule has 0 atom stereocenters. The molecule has 8 heteroatoms. The molecule has 0 aliphatic carbocycles. The Morgan fingerprint density at radius 2 is 1.52 bits per heavy atom. The number of ketones is 1. The van der Waals surface area contributed by atoms with Crippen molar-refractivity contribution in [3.8, 4) is 21.7 Å². The van der Waals surface area contributed by atoms with Crippen molar-refractivity contribution in [1.29, 1.82) is 0 Å². The minimum Gasteiger partial charge on any atom is -0.512 e. The molecule has 0 amide bonds. The Kier molecular flexibility index (Phi) is 13.4. The van der Waals surface area contributed by atoms with Crippen LogP contribution in [0.2, 0.25) is 0 Å². The maximum atomic E-state index is 13.6. The number of halogens is 3. The van der Waals surface area contributed by atoms with Gasteiger partial charge in [-0.2, -0.15) is 13.2 Å².